The van der Waals surface area contributed by atoms with E-state index in [2.05, 4.69) is 13.8 Å². The number of unbranched alkanes of at least 4 members (excludes halogenated alkanes) is 30. The normalized spacial score (nSPS) is 13.1. The van der Waals surface area contributed by atoms with Crippen molar-refractivity contribution in [3.05, 3.63) is 0 Å². The summed E-state index contributed by atoms with van der Waals surface area (Å²) >= 11 is 0. The average molecular weight is 596 g/mol. The lowest BCUT2D eigenvalue weighted by atomic mass is 10.0. The van der Waals surface area contributed by atoms with E-state index in [9.17, 15) is 5.11 Å². The molecule has 0 rings (SSSR count). The van der Waals surface area contributed by atoms with Gasteiger partial charge < -0.3 is 15.6 Å². The van der Waals surface area contributed by atoms with Crippen molar-refractivity contribution in [2.45, 2.75) is 238 Å². The molecule has 42 heavy (non-hydrogen) atoms. The van der Waals surface area contributed by atoms with Crippen LogP contribution in [0.4, 0.5) is 0 Å². The molecule has 0 aromatic carbocycles. The molecule has 0 aliphatic rings. The Bertz CT molecular complexity index is 471. The maximum atomic E-state index is 10.3. The van der Waals surface area contributed by atoms with Crippen molar-refractivity contribution in [3.8, 4) is 0 Å². The van der Waals surface area contributed by atoms with E-state index < -0.39 is 6.10 Å². The van der Waals surface area contributed by atoms with E-state index in [1.54, 1.807) is 0 Å². The zero-order valence-corrected chi connectivity index (χ0v) is 29.3. The quantitative estimate of drug-likeness (QED) is 0.0702. The van der Waals surface area contributed by atoms with Crippen LogP contribution < -0.4 is 5.73 Å². The largest absolute Gasteiger partial charge is 0.389 e. The van der Waals surface area contributed by atoms with Crippen LogP contribution >= 0.6 is 0 Å². The molecule has 254 valence electrons. The Labute approximate surface area is 266 Å². The van der Waals surface area contributed by atoms with Gasteiger partial charge in [0.1, 0.15) is 0 Å². The van der Waals surface area contributed by atoms with Crippen LogP contribution in [0.15, 0.2) is 0 Å². The first kappa shape index (κ1) is 41.9. The molecule has 0 radical (unpaired) electrons. The summed E-state index contributed by atoms with van der Waals surface area (Å²) in [7, 11) is 0. The van der Waals surface area contributed by atoms with Crippen LogP contribution in [-0.4, -0.2) is 30.5 Å². The van der Waals surface area contributed by atoms with Gasteiger partial charge in [-0.3, -0.25) is 0 Å². The first-order valence-corrected chi connectivity index (χ1v) is 19.7. The van der Waals surface area contributed by atoms with Crippen LogP contribution in [0.1, 0.15) is 226 Å². The Morgan fingerprint density at radius 1 is 0.405 bits per heavy atom. The van der Waals surface area contributed by atoms with Crippen LogP contribution in [0, 0.1) is 0 Å². The summed E-state index contributed by atoms with van der Waals surface area (Å²) in [6.07, 6.45) is 44.8. The highest BCUT2D eigenvalue weighted by Gasteiger charge is 2.14. The van der Waals surface area contributed by atoms with Gasteiger partial charge in [0.25, 0.3) is 0 Å². The monoisotopic (exact) mass is 596 g/mol. The van der Waals surface area contributed by atoms with Crippen LogP contribution in [0.25, 0.3) is 0 Å². The number of aliphatic hydroxyl groups is 1. The van der Waals surface area contributed by atoms with Crippen LogP contribution in [0.3, 0.4) is 0 Å². The van der Waals surface area contributed by atoms with Crippen molar-refractivity contribution >= 4 is 0 Å². The van der Waals surface area contributed by atoms with Gasteiger partial charge in [0.2, 0.25) is 0 Å². The third-order valence-corrected chi connectivity index (χ3v) is 9.32. The molecular weight excluding hydrogens is 514 g/mol. The molecule has 0 saturated heterocycles. The molecule has 0 saturated carbocycles. The zero-order chi connectivity index (χ0) is 30.6. The van der Waals surface area contributed by atoms with E-state index in [4.69, 9.17) is 10.5 Å². The average Bonchev–Trinajstić information content (AvgIpc) is 3.00. The lowest BCUT2D eigenvalue weighted by Gasteiger charge is -2.18. The third kappa shape index (κ3) is 34.4. The Kier molecular flexibility index (Phi) is 37.0. The summed E-state index contributed by atoms with van der Waals surface area (Å²) < 4.78 is 5.74. The highest BCUT2D eigenvalue weighted by molar-refractivity contribution is 4.71. The van der Waals surface area contributed by atoms with Crippen molar-refractivity contribution in [3.63, 3.8) is 0 Å². The fourth-order valence-electron chi connectivity index (χ4n) is 6.20. The minimum Gasteiger partial charge on any atom is -0.389 e. The molecule has 0 fully saturated rings. The van der Waals surface area contributed by atoms with Crippen molar-refractivity contribution in [2.24, 2.45) is 5.73 Å². The summed E-state index contributed by atoms with van der Waals surface area (Å²) in [6.45, 7) is 5.75. The maximum Gasteiger partial charge on any atom is 0.0924 e. The first-order valence-electron chi connectivity index (χ1n) is 19.7. The highest BCUT2D eigenvalue weighted by Crippen LogP contribution is 2.16. The Hall–Kier alpha value is -0.120. The smallest absolute Gasteiger partial charge is 0.0924 e. The molecule has 3 nitrogen and oxygen atoms in total. The van der Waals surface area contributed by atoms with Crippen molar-refractivity contribution in [1.29, 1.82) is 0 Å². The molecule has 2 unspecified atom stereocenters. The van der Waals surface area contributed by atoms with Gasteiger partial charge in [-0.25, -0.2) is 0 Å². The van der Waals surface area contributed by atoms with Gasteiger partial charge in [0, 0.05) is 12.6 Å². The number of hydrogen-bond acceptors (Lipinski definition) is 3. The molecule has 0 bridgehead atoms. The Morgan fingerprint density at radius 3 is 0.976 bits per heavy atom. The maximum absolute atomic E-state index is 10.3. The molecule has 0 aromatic rings. The number of rotatable bonds is 37. The van der Waals surface area contributed by atoms with Gasteiger partial charge in [-0.05, 0) is 12.8 Å². The SMILES string of the molecule is CCCCCCCCCCCCCCCCCCOCC(O)C(N)CCCCCCCCCCCCCCCCCC. The van der Waals surface area contributed by atoms with Gasteiger partial charge in [0.15, 0.2) is 0 Å². The lowest BCUT2D eigenvalue weighted by Crippen LogP contribution is -2.38. The Morgan fingerprint density at radius 2 is 0.667 bits per heavy atom. The minimum absolute atomic E-state index is 0.137. The molecule has 0 aliphatic carbocycles. The van der Waals surface area contributed by atoms with E-state index in [0.717, 1.165) is 25.9 Å². The van der Waals surface area contributed by atoms with Gasteiger partial charge in [-0.1, -0.05) is 213 Å². The predicted octanol–water partition coefficient (Wildman–Crippen LogP) is 12.6. The number of aliphatic hydroxyl groups excluding tert-OH is 1. The van der Waals surface area contributed by atoms with E-state index in [1.165, 1.54) is 193 Å². The zero-order valence-electron chi connectivity index (χ0n) is 29.3. The van der Waals surface area contributed by atoms with E-state index in [1.807, 2.05) is 0 Å². The van der Waals surface area contributed by atoms with Crippen molar-refractivity contribution < 1.29 is 9.84 Å². The number of ether oxygens (including phenoxy) is 1. The summed E-state index contributed by atoms with van der Waals surface area (Å²) in [6, 6.07) is -0.137. The third-order valence-electron chi connectivity index (χ3n) is 9.32. The highest BCUT2D eigenvalue weighted by atomic mass is 16.5. The summed E-state index contributed by atoms with van der Waals surface area (Å²) in [4.78, 5) is 0. The molecule has 0 amide bonds. The Balaban J connectivity index is 3.25. The van der Waals surface area contributed by atoms with Crippen molar-refractivity contribution in [2.75, 3.05) is 13.2 Å². The van der Waals surface area contributed by atoms with Crippen LogP contribution in [0.5, 0.6) is 0 Å². The van der Waals surface area contributed by atoms with Crippen LogP contribution in [-0.2, 0) is 4.74 Å². The second-order valence-electron chi connectivity index (χ2n) is 13.7. The molecule has 3 heteroatoms. The predicted molar refractivity (Wildman–Crippen MR) is 189 cm³/mol. The number of nitrogens with two attached hydrogens (primary N) is 1. The molecular formula is C39H81NO2. The summed E-state index contributed by atoms with van der Waals surface area (Å²) in [5, 5.41) is 10.3. The van der Waals surface area contributed by atoms with Crippen molar-refractivity contribution in [1.82, 2.24) is 0 Å². The van der Waals surface area contributed by atoms with Gasteiger partial charge >= 0.3 is 0 Å². The fraction of sp³-hybridized carbons (Fsp3) is 1.00. The molecule has 3 N–H and O–H groups in total. The minimum atomic E-state index is -0.512. The summed E-state index contributed by atoms with van der Waals surface area (Å²) in [5.74, 6) is 0. The molecule has 0 aromatic heterocycles. The standard InChI is InChI=1S/C39H81NO2/c1-3-5-7-9-11-13-15-17-19-21-23-25-27-29-31-33-35-38(40)39(41)37-42-36-34-32-30-28-26-24-22-20-18-16-14-12-10-8-6-4-2/h38-39,41H,3-37,40H2,1-2H3. The topological polar surface area (TPSA) is 55.5 Å². The summed E-state index contributed by atoms with van der Waals surface area (Å²) in [5.41, 5.74) is 6.22. The molecule has 0 heterocycles. The van der Waals surface area contributed by atoms with Crippen LogP contribution in [0.2, 0.25) is 0 Å². The van der Waals surface area contributed by atoms with Gasteiger partial charge in [-0.2, -0.15) is 0 Å². The van der Waals surface area contributed by atoms with E-state index in [0.29, 0.717) is 6.61 Å². The van der Waals surface area contributed by atoms with Gasteiger partial charge in [0.05, 0.1) is 12.7 Å². The molecule has 2 atom stereocenters. The second-order valence-corrected chi connectivity index (χ2v) is 13.7. The number of hydrogen-bond donors (Lipinski definition) is 2. The molecule has 0 spiro atoms. The fourth-order valence-corrected chi connectivity index (χ4v) is 6.20. The van der Waals surface area contributed by atoms with E-state index >= 15 is 0 Å². The first-order chi connectivity index (χ1) is 20.7. The second kappa shape index (κ2) is 37.1. The van der Waals surface area contributed by atoms with Gasteiger partial charge in [-0.15, -0.1) is 0 Å². The lowest BCUT2D eigenvalue weighted by molar-refractivity contribution is 0.0203. The van der Waals surface area contributed by atoms with E-state index in [-0.39, 0.29) is 6.04 Å². The molecule has 0 aliphatic heterocycles.